The molecule has 1 fully saturated rings. The number of halogens is 1. The lowest BCUT2D eigenvalue weighted by Gasteiger charge is -2.26. The summed E-state index contributed by atoms with van der Waals surface area (Å²) in [6.07, 6.45) is 3.92. The Kier molecular flexibility index (Phi) is 12.2. The van der Waals surface area contributed by atoms with Crippen molar-refractivity contribution in [2.75, 3.05) is 45.9 Å². The Morgan fingerprint density at radius 1 is 1.25 bits per heavy atom. The van der Waals surface area contributed by atoms with Gasteiger partial charge in [-0.05, 0) is 43.5 Å². The molecule has 0 unspecified atom stereocenters. The zero-order chi connectivity index (χ0) is 28.8. The van der Waals surface area contributed by atoms with E-state index in [9.17, 15) is 17.6 Å². The number of pyridine rings is 1. The van der Waals surface area contributed by atoms with Gasteiger partial charge in [-0.15, -0.1) is 0 Å². The molecule has 40 heavy (non-hydrogen) atoms. The van der Waals surface area contributed by atoms with Crippen LogP contribution in [0.1, 0.15) is 19.3 Å². The quantitative estimate of drug-likeness (QED) is 0.0430. The van der Waals surface area contributed by atoms with Crippen LogP contribution in [0.4, 0.5) is 4.39 Å². The van der Waals surface area contributed by atoms with E-state index >= 15 is 0 Å². The predicted octanol–water partition coefficient (Wildman–Crippen LogP) is 0.559. The summed E-state index contributed by atoms with van der Waals surface area (Å²) in [5, 5.41) is 23.7. The molecule has 1 aromatic carbocycles. The first-order chi connectivity index (χ1) is 19.3. The first-order valence-corrected chi connectivity index (χ1v) is 14.2. The van der Waals surface area contributed by atoms with Crippen molar-refractivity contribution >= 4 is 21.9 Å². The highest BCUT2D eigenvalue weighted by molar-refractivity contribution is 7.89. The molecule has 0 spiro atoms. The molecule has 0 radical (unpaired) electrons. The van der Waals surface area contributed by atoms with Crippen LogP contribution in [-0.4, -0.2) is 87.4 Å². The summed E-state index contributed by atoms with van der Waals surface area (Å²) in [4.78, 5) is 22.6. The van der Waals surface area contributed by atoms with Gasteiger partial charge in [0.05, 0.1) is 18.9 Å². The van der Waals surface area contributed by atoms with Crippen LogP contribution in [0.2, 0.25) is 0 Å². The first-order valence-electron chi connectivity index (χ1n) is 12.7. The molecule has 0 saturated carbocycles. The van der Waals surface area contributed by atoms with E-state index in [0.29, 0.717) is 56.4 Å². The number of morpholine rings is 1. The summed E-state index contributed by atoms with van der Waals surface area (Å²) in [6.45, 7) is 4.78. The van der Waals surface area contributed by atoms with Gasteiger partial charge in [0, 0.05) is 44.5 Å². The molecule has 5 N–H and O–H groups in total. The molecule has 0 bridgehead atoms. The number of hydroxylamine groups is 1. The standard InChI is InChI=1S/C25H33FN8O5S/c26-20-5-3-4-19(16-20)22-8-7-21(17-30-22)40(37,38)33-23(24(35)32-36)6-1-2-9-28-25(31-18-27)29-10-11-34-12-14-39-15-13-34/h3-5,7-8,16-17,23,33,36H,1-2,6,9-15H2,(H,32,35)(H2,28,29,31)/t23-/m1/s1. The topological polar surface area (TPSA) is 181 Å². The van der Waals surface area contributed by atoms with Gasteiger partial charge in [0.2, 0.25) is 16.0 Å². The maximum absolute atomic E-state index is 13.5. The van der Waals surface area contributed by atoms with Crippen LogP contribution in [-0.2, 0) is 19.6 Å². The number of nitriles is 1. The van der Waals surface area contributed by atoms with E-state index in [2.05, 4.69) is 30.2 Å². The molecule has 3 rings (SSSR count). The highest BCUT2D eigenvalue weighted by atomic mass is 32.2. The lowest BCUT2D eigenvalue weighted by Crippen LogP contribution is -2.45. The average molecular weight is 577 g/mol. The van der Waals surface area contributed by atoms with Crippen molar-refractivity contribution in [2.24, 2.45) is 4.99 Å². The van der Waals surface area contributed by atoms with Gasteiger partial charge in [0.1, 0.15) is 16.8 Å². The van der Waals surface area contributed by atoms with Crippen molar-refractivity contribution < 1.29 is 27.5 Å². The van der Waals surface area contributed by atoms with Crippen LogP contribution in [0, 0.1) is 17.3 Å². The van der Waals surface area contributed by atoms with Gasteiger partial charge in [-0.2, -0.15) is 9.98 Å². The second-order valence-electron chi connectivity index (χ2n) is 8.88. The molecule has 2 heterocycles. The lowest BCUT2D eigenvalue weighted by atomic mass is 10.1. The number of guanidine groups is 1. The minimum atomic E-state index is -4.16. The van der Waals surface area contributed by atoms with E-state index in [1.165, 1.54) is 35.8 Å². The number of benzene rings is 1. The van der Waals surface area contributed by atoms with E-state index < -0.39 is 27.8 Å². The SMILES string of the molecule is N#CNC(=NCCCC[C@@H](NS(=O)(=O)c1ccc(-c2cccc(F)c2)nc1)C(=O)NO)NCCN1CCOCC1. The molecule has 1 amide bonds. The minimum Gasteiger partial charge on any atom is -0.379 e. The minimum absolute atomic E-state index is 0.0847. The lowest BCUT2D eigenvalue weighted by molar-refractivity contribution is -0.131. The number of sulfonamides is 1. The number of nitrogens with one attached hydrogen (secondary N) is 4. The molecule has 13 nitrogen and oxygen atoms in total. The number of unbranched alkanes of at least 4 members (excludes halogenated alkanes) is 1. The van der Waals surface area contributed by atoms with Crippen LogP contribution in [0.25, 0.3) is 11.3 Å². The zero-order valence-electron chi connectivity index (χ0n) is 21.8. The molecule has 1 aliphatic rings. The van der Waals surface area contributed by atoms with Gasteiger partial charge in [0.25, 0.3) is 5.91 Å². The Morgan fingerprint density at radius 2 is 2.05 bits per heavy atom. The maximum Gasteiger partial charge on any atom is 0.261 e. The third-order valence-corrected chi connectivity index (χ3v) is 7.52. The molecular weight excluding hydrogens is 543 g/mol. The summed E-state index contributed by atoms with van der Waals surface area (Å²) in [5.41, 5.74) is 2.35. The molecule has 1 atom stereocenters. The van der Waals surface area contributed by atoms with Crippen molar-refractivity contribution in [1.82, 2.24) is 30.7 Å². The Balaban J connectivity index is 1.51. The smallest absolute Gasteiger partial charge is 0.261 e. The van der Waals surface area contributed by atoms with E-state index in [1.54, 1.807) is 6.07 Å². The summed E-state index contributed by atoms with van der Waals surface area (Å²) in [6, 6.07) is 7.22. The maximum atomic E-state index is 13.5. The largest absolute Gasteiger partial charge is 0.379 e. The Hall–Kier alpha value is -3.68. The van der Waals surface area contributed by atoms with E-state index in [0.717, 1.165) is 25.8 Å². The van der Waals surface area contributed by atoms with Crippen LogP contribution in [0.3, 0.4) is 0 Å². The molecule has 15 heteroatoms. The summed E-state index contributed by atoms with van der Waals surface area (Å²) >= 11 is 0. The number of nitrogens with zero attached hydrogens (tertiary/aromatic N) is 4. The van der Waals surface area contributed by atoms with Gasteiger partial charge in [-0.25, -0.2) is 18.3 Å². The number of carbonyl (C=O) groups is 1. The average Bonchev–Trinajstić information content (AvgIpc) is 2.96. The monoisotopic (exact) mass is 576 g/mol. The highest BCUT2D eigenvalue weighted by Crippen LogP contribution is 2.20. The van der Waals surface area contributed by atoms with Gasteiger partial charge in [-0.3, -0.25) is 30.2 Å². The number of hydrogen-bond acceptors (Lipinski definition) is 9. The van der Waals surface area contributed by atoms with Crippen LogP contribution in [0.5, 0.6) is 0 Å². The van der Waals surface area contributed by atoms with Crippen molar-refractivity contribution in [1.29, 1.82) is 5.26 Å². The van der Waals surface area contributed by atoms with Gasteiger partial charge in [0.15, 0.2) is 6.19 Å². The van der Waals surface area contributed by atoms with E-state index in [1.807, 2.05) is 6.19 Å². The van der Waals surface area contributed by atoms with Gasteiger partial charge in [-0.1, -0.05) is 12.1 Å². The molecular formula is C25H33FN8O5S. The number of ether oxygens (including phenoxy) is 1. The third kappa shape index (κ3) is 9.81. The number of carbonyl (C=O) groups excluding carboxylic acids is 1. The van der Waals surface area contributed by atoms with Crippen LogP contribution < -0.4 is 20.8 Å². The third-order valence-electron chi connectivity index (χ3n) is 6.06. The van der Waals surface area contributed by atoms with Crippen molar-refractivity contribution in [2.45, 2.75) is 30.2 Å². The number of amides is 1. The predicted molar refractivity (Wildman–Crippen MR) is 144 cm³/mol. The zero-order valence-corrected chi connectivity index (χ0v) is 22.7. The van der Waals surface area contributed by atoms with Gasteiger partial charge >= 0.3 is 0 Å². The number of aromatic nitrogens is 1. The van der Waals surface area contributed by atoms with Crippen molar-refractivity contribution in [3.63, 3.8) is 0 Å². The fourth-order valence-corrected chi connectivity index (χ4v) is 5.11. The van der Waals surface area contributed by atoms with Crippen molar-refractivity contribution in [3.8, 4) is 17.5 Å². The van der Waals surface area contributed by atoms with Crippen LogP contribution >= 0.6 is 0 Å². The fraction of sp³-hybridized carbons (Fsp3) is 0.440. The normalized spacial score (nSPS) is 15.2. The second-order valence-corrected chi connectivity index (χ2v) is 10.6. The molecule has 2 aromatic rings. The second kappa shape index (κ2) is 15.8. The van der Waals surface area contributed by atoms with Crippen LogP contribution in [0.15, 0.2) is 52.5 Å². The Labute approximate surface area is 232 Å². The summed E-state index contributed by atoms with van der Waals surface area (Å²) in [5.74, 6) is -1.03. The molecule has 216 valence electrons. The van der Waals surface area contributed by atoms with E-state index in [-0.39, 0.29) is 11.3 Å². The number of rotatable bonds is 13. The summed E-state index contributed by atoms with van der Waals surface area (Å²) in [7, 11) is -4.16. The van der Waals surface area contributed by atoms with E-state index in [4.69, 9.17) is 15.2 Å². The van der Waals surface area contributed by atoms with Gasteiger partial charge < -0.3 is 10.1 Å². The number of aliphatic imine (C=N–C) groups is 1. The Bertz CT molecular complexity index is 1280. The molecule has 1 aromatic heterocycles. The fourth-order valence-electron chi connectivity index (χ4n) is 3.94. The summed E-state index contributed by atoms with van der Waals surface area (Å²) < 4.78 is 46.9. The molecule has 1 aliphatic heterocycles. The number of hydrogen-bond donors (Lipinski definition) is 5. The first kappa shape index (κ1) is 30.9. The molecule has 0 aliphatic carbocycles. The van der Waals surface area contributed by atoms with Crippen molar-refractivity contribution in [3.05, 3.63) is 48.4 Å². The molecule has 1 saturated heterocycles. The Morgan fingerprint density at radius 3 is 2.73 bits per heavy atom. The highest BCUT2D eigenvalue weighted by Gasteiger charge is 2.25.